The number of hydrogen-bond donors (Lipinski definition) is 1. The van der Waals surface area contributed by atoms with E-state index in [4.69, 9.17) is 9.47 Å². The number of rotatable bonds is 7. The van der Waals surface area contributed by atoms with E-state index in [1.165, 1.54) is 0 Å². The molecule has 3 aromatic rings. The predicted molar refractivity (Wildman–Crippen MR) is 115 cm³/mol. The second kappa shape index (κ2) is 8.98. The zero-order valence-electron chi connectivity index (χ0n) is 18.1. The summed E-state index contributed by atoms with van der Waals surface area (Å²) in [5.74, 6) is 0.972. The van der Waals surface area contributed by atoms with Gasteiger partial charge in [-0.2, -0.15) is 0 Å². The molecule has 0 spiro atoms. The number of amides is 1. The van der Waals surface area contributed by atoms with Crippen LogP contribution in [0.15, 0.2) is 42.5 Å². The molecule has 0 saturated heterocycles. The van der Waals surface area contributed by atoms with Gasteiger partial charge in [0.2, 0.25) is 0 Å². The number of nitrogens with one attached hydrogen (secondary N) is 1. The summed E-state index contributed by atoms with van der Waals surface area (Å²) >= 11 is 0. The molecule has 30 heavy (non-hydrogen) atoms. The molecular weight excluding hydrogens is 382 g/mol. The van der Waals surface area contributed by atoms with Gasteiger partial charge in [-0.1, -0.05) is 12.1 Å². The van der Waals surface area contributed by atoms with E-state index >= 15 is 0 Å². The van der Waals surface area contributed by atoms with Crippen LogP contribution in [0.2, 0.25) is 0 Å². The van der Waals surface area contributed by atoms with Crippen LogP contribution in [0.3, 0.4) is 0 Å². The number of esters is 1. The number of aromatic nitrogens is 2. The summed E-state index contributed by atoms with van der Waals surface area (Å²) in [6.45, 7) is 8.70. The van der Waals surface area contributed by atoms with Crippen molar-refractivity contribution in [3.8, 4) is 5.75 Å². The van der Waals surface area contributed by atoms with E-state index in [-0.39, 0.29) is 11.9 Å². The molecule has 0 saturated carbocycles. The van der Waals surface area contributed by atoms with E-state index < -0.39 is 6.04 Å². The Kier molecular flexibility index (Phi) is 6.40. The Bertz CT molecular complexity index is 1090. The first-order valence-corrected chi connectivity index (χ1v) is 10.1. The van der Waals surface area contributed by atoms with Crippen LogP contribution in [-0.4, -0.2) is 30.2 Å². The van der Waals surface area contributed by atoms with Gasteiger partial charge in [-0.3, -0.25) is 4.79 Å². The van der Waals surface area contributed by atoms with Crippen molar-refractivity contribution in [2.75, 3.05) is 19.0 Å². The monoisotopic (exact) mass is 410 g/mol. The molecule has 1 N–H and O–H groups in total. The van der Waals surface area contributed by atoms with Gasteiger partial charge in [-0.05, 0) is 45.0 Å². The summed E-state index contributed by atoms with van der Waals surface area (Å²) < 4.78 is 14.6. The average molecular weight is 410 g/mol. The molecule has 0 radical (unpaired) electrons. The molecule has 1 heterocycles. The predicted octanol–water partition coefficient (Wildman–Crippen LogP) is 3.64. The largest absolute Gasteiger partial charge is 0.495 e. The number of ether oxygens (including phenoxy) is 2. The number of para-hydroxylation sites is 2. The van der Waals surface area contributed by atoms with Crippen molar-refractivity contribution >= 4 is 28.6 Å². The maximum atomic E-state index is 13.1. The van der Waals surface area contributed by atoms with Crippen molar-refractivity contribution < 1.29 is 23.6 Å². The third-order valence-electron chi connectivity index (χ3n) is 5.22. The lowest BCUT2D eigenvalue weighted by Crippen LogP contribution is -2.36. The Labute approximate surface area is 176 Å². The fraction of sp³-hybridized carbons (Fsp3) is 0.348. The number of imidazole rings is 1. The minimum absolute atomic E-state index is 0.177. The van der Waals surface area contributed by atoms with Gasteiger partial charge in [-0.15, -0.1) is 0 Å². The van der Waals surface area contributed by atoms with E-state index in [1.807, 2.05) is 36.6 Å². The highest BCUT2D eigenvalue weighted by Crippen LogP contribution is 2.26. The maximum absolute atomic E-state index is 13.1. The standard InChI is InChI=1S/C23H27N3O4/c1-6-25-16(4)26(20-14-17(12-13-19(20)25)23(28)30-7-2)15(3)22(27)24-18-10-8-9-11-21(18)29-5/h8-15H,6-7H2,1-5H3/p+1/t15-/m0/s1. The second-order valence-corrected chi connectivity index (χ2v) is 6.95. The van der Waals surface area contributed by atoms with Crippen molar-refractivity contribution in [3.63, 3.8) is 0 Å². The molecule has 158 valence electrons. The van der Waals surface area contributed by atoms with E-state index in [2.05, 4.69) is 16.8 Å². The number of aryl methyl sites for hydroxylation is 1. The maximum Gasteiger partial charge on any atom is 0.338 e. The summed E-state index contributed by atoms with van der Waals surface area (Å²) in [5, 5.41) is 2.95. The number of nitrogens with zero attached hydrogens (tertiary/aromatic N) is 2. The quantitative estimate of drug-likeness (QED) is 0.477. The molecule has 3 rings (SSSR count). The molecule has 7 heteroatoms. The smallest absolute Gasteiger partial charge is 0.338 e. The van der Waals surface area contributed by atoms with Crippen molar-refractivity contribution in [1.82, 2.24) is 4.57 Å². The number of fused-ring (bicyclic) bond motifs is 1. The van der Waals surface area contributed by atoms with Crippen molar-refractivity contribution in [1.29, 1.82) is 0 Å². The fourth-order valence-corrected chi connectivity index (χ4v) is 3.76. The van der Waals surface area contributed by atoms with Gasteiger partial charge < -0.3 is 14.8 Å². The molecule has 1 amide bonds. The molecule has 0 aliphatic carbocycles. The molecule has 0 unspecified atom stereocenters. The number of carbonyl (C=O) groups is 2. The number of carbonyl (C=O) groups excluding carboxylic acids is 2. The van der Waals surface area contributed by atoms with Crippen LogP contribution in [0, 0.1) is 6.92 Å². The van der Waals surface area contributed by atoms with Gasteiger partial charge in [-0.25, -0.2) is 13.9 Å². The highest BCUT2D eigenvalue weighted by molar-refractivity contribution is 5.97. The summed E-state index contributed by atoms with van der Waals surface area (Å²) in [6, 6.07) is 12.2. The molecule has 0 aliphatic rings. The van der Waals surface area contributed by atoms with Gasteiger partial charge in [0.15, 0.2) is 17.1 Å². The SMILES string of the molecule is CCOC(=O)c1ccc2c(c1)n([C@@H](C)C(=O)Nc1ccccc1OC)c(C)[n+]2CC. The molecule has 1 atom stereocenters. The molecule has 0 bridgehead atoms. The summed E-state index contributed by atoms with van der Waals surface area (Å²) in [7, 11) is 1.57. The van der Waals surface area contributed by atoms with E-state index in [0.717, 1.165) is 23.4 Å². The molecule has 2 aromatic carbocycles. The van der Waals surface area contributed by atoms with Crippen LogP contribution < -0.4 is 14.6 Å². The lowest BCUT2D eigenvalue weighted by Gasteiger charge is -2.14. The summed E-state index contributed by atoms with van der Waals surface area (Å²) in [5.41, 5.74) is 2.84. The normalized spacial score (nSPS) is 11.9. The number of hydrogen-bond acceptors (Lipinski definition) is 4. The highest BCUT2D eigenvalue weighted by atomic mass is 16.5. The fourth-order valence-electron chi connectivity index (χ4n) is 3.76. The molecule has 0 aliphatic heterocycles. The molecule has 1 aromatic heterocycles. The topological polar surface area (TPSA) is 73.4 Å². The minimum atomic E-state index is -0.511. The van der Waals surface area contributed by atoms with Gasteiger partial charge in [0.05, 0.1) is 31.5 Å². The van der Waals surface area contributed by atoms with Crippen LogP contribution in [-0.2, 0) is 16.1 Å². The van der Waals surface area contributed by atoms with E-state index in [1.54, 1.807) is 38.3 Å². The first-order valence-electron chi connectivity index (χ1n) is 10.1. The summed E-state index contributed by atoms with van der Waals surface area (Å²) in [6.07, 6.45) is 0. The zero-order chi connectivity index (χ0) is 21.8. The second-order valence-electron chi connectivity index (χ2n) is 6.95. The number of anilines is 1. The molecular formula is C23H28N3O4+. The number of benzene rings is 2. The first-order chi connectivity index (χ1) is 14.4. The lowest BCUT2D eigenvalue weighted by molar-refractivity contribution is -0.675. The van der Waals surface area contributed by atoms with Crippen LogP contribution in [0.1, 0.15) is 43.0 Å². The van der Waals surface area contributed by atoms with Gasteiger partial charge in [0.1, 0.15) is 5.75 Å². The third kappa shape index (κ3) is 3.87. The van der Waals surface area contributed by atoms with Crippen LogP contribution in [0.4, 0.5) is 5.69 Å². The Morgan fingerprint density at radius 1 is 1.17 bits per heavy atom. The van der Waals surface area contributed by atoms with Crippen molar-refractivity contribution in [2.24, 2.45) is 0 Å². The Morgan fingerprint density at radius 3 is 2.57 bits per heavy atom. The number of methoxy groups -OCH3 is 1. The average Bonchev–Trinajstić information content (AvgIpc) is 3.03. The van der Waals surface area contributed by atoms with Crippen LogP contribution >= 0.6 is 0 Å². The molecule has 0 fully saturated rings. The Morgan fingerprint density at radius 2 is 1.90 bits per heavy atom. The highest BCUT2D eigenvalue weighted by Gasteiger charge is 2.30. The van der Waals surface area contributed by atoms with Crippen molar-refractivity contribution in [3.05, 3.63) is 53.9 Å². The van der Waals surface area contributed by atoms with Gasteiger partial charge in [0, 0.05) is 13.0 Å². The van der Waals surface area contributed by atoms with E-state index in [0.29, 0.717) is 23.6 Å². The van der Waals surface area contributed by atoms with Crippen LogP contribution in [0.25, 0.3) is 11.0 Å². The third-order valence-corrected chi connectivity index (χ3v) is 5.22. The van der Waals surface area contributed by atoms with Crippen LogP contribution in [0.5, 0.6) is 5.75 Å². The Balaban J connectivity index is 2.04. The zero-order valence-corrected chi connectivity index (χ0v) is 18.1. The van der Waals surface area contributed by atoms with Crippen molar-refractivity contribution in [2.45, 2.75) is 40.3 Å². The Hall–Kier alpha value is -3.35. The molecule has 7 nitrogen and oxygen atoms in total. The first kappa shape index (κ1) is 21.4. The van der Waals surface area contributed by atoms with E-state index in [9.17, 15) is 9.59 Å². The lowest BCUT2D eigenvalue weighted by atomic mass is 10.2. The summed E-state index contributed by atoms with van der Waals surface area (Å²) in [4.78, 5) is 25.4. The van der Waals surface area contributed by atoms with Gasteiger partial charge >= 0.3 is 5.97 Å². The van der Waals surface area contributed by atoms with Gasteiger partial charge in [0.25, 0.3) is 11.7 Å². The minimum Gasteiger partial charge on any atom is -0.495 e.